The molecule has 0 bridgehead atoms. The molecule has 4 atom stereocenters. The molecule has 1 aromatic rings. The van der Waals surface area contributed by atoms with E-state index in [4.69, 9.17) is 4.74 Å². The summed E-state index contributed by atoms with van der Waals surface area (Å²) in [5, 5.41) is 0. The Bertz CT molecular complexity index is 539. The van der Waals surface area contributed by atoms with Crippen molar-refractivity contribution in [2.24, 2.45) is 11.8 Å². The van der Waals surface area contributed by atoms with Crippen LogP contribution < -0.4 is 0 Å². The Morgan fingerprint density at radius 1 is 1.21 bits per heavy atom. The Labute approximate surface area is 120 Å². The van der Waals surface area contributed by atoms with Crippen molar-refractivity contribution in [1.29, 1.82) is 0 Å². The van der Waals surface area contributed by atoms with Gasteiger partial charge in [0.1, 0.15) is 0 Å². The number of carbonyl (C=O) groups excluding carboxylic acids is 1. The third-order valence-corrected chi connectivity index (χ3v) is 11.8. The second kappa shape index (κ2) is 4.42. The summed E-state index contributed by atoms with van der Waals surface area (Å²) in [6.07, 6.45) is 2.02. The Morgan fingerprint density at radius 2 is 2.00 bits per heavy atom. The number of halogens is 1. The van der Waals surface area contributed by atoms with Gasteiger partial charge in [0.2, 0.25) is 0 Å². The maximum absolute atomic E-state index is 12.7. The van der Waals surface area contributed by atoms with Crippen molar-refractivity contribution in [3.8, 4) is 0 Å². The van der Waals surface area contributed by atoms with E-state index in [1.807, 2.05) is 18.2 Å². The van der Waals surface area contributed by atoms with Crippen LogP contribution in [-0.4, -0.2) is 14.3 Å². The van der Waals surface area contributed by atoms with Crippen molar-refractivity contribution in [2.45, 2.75) is 20.9 Å². The molecule has 4 rings (SSSR count). The van der Waals surface area contributed by atoms with Gasteiger partial charge < -0.3 is 0 Å². The first-order chi connectivity index (χ1) is 9.25. The molecule has 0 radical (unpaired) electrons. The van der Waals surface area contributed by atoms with Crippen LogP contribution in [0.25, 0.3) is 0 Å². The third-order valence-electron chi connectivity index (χ3n) is 4.50. The van der Waals surface area contributed by atoms with Gasteiger partial charge in [-0.15, -0.1) is 0 Å². The zero-order valence-electron chi connectivity index (χ0n) is 10.7. The predicted octanol–water partition coefficient (Wildman–Crippen LogP) is 3.71. The molecule has 1 aromatic carbocycles. The van der Waals surface area contributed by atoms with Crippen LogP contribution in [0.15, 0.2) is 42.5 Å². The maximum atomic E-state index is 12.7. The number of allylic oxidation sites excluding steroid dienone is 1. The molecular formula is C16H17IO2. The van der Waals surface area contributed by atoms with Gasteiger partial charge in [-0.2, -0.15) is 0 Å². The summed E-state index contributed by atoms with van der Waals surface area (Å²) in [5.41, 5.74) is 2.50. The number of alkyl halides is 2. The van der Waals surface area contributed by atoms with E-state index in [-0.39, 0.29) is 4.11 Å². The number of hydrogen-bond donors (Lipinski definition) is 0. The molecule has 3 fully saturated rings. The molecule has 1 aliphatic carbocycles. The average molecular weight is 368 g/mol. The number of hydrogen-bond acceptors (Lipinski definition) is 2. The molecule has 2 heterocycles. The van der Waals surface area contributed by atoms with Crippen molar-refractivity contribution in [1.82, 2.24) is 0 Å². The van der Waals surface area contributed by atoms with Gasteiger partial charge in [0.15, 0.2) is 0 Å². The van der Waals surface area contributed by atoms with E-state index in [2.05, 4.69) is 18.7 Å². The van der Waals surface area contributed by atoms with Gasteiger partial charge in [-0.1, -0.05) is 0 Å². The molecule has 2 unspecified atom stereocenters. The number of fused-ring (bicyclic) bond motifs is 3. The summed E-state index contributed by atoms with van der Waals surface area (Å²) in [5.74, 6) is 0.872. The molecule has 3 heteroatoms. The van der Waals surface area contributed by atoms with Gasteiger partial charge in [0, 0.05) is 0 Å². The Hall–Kier alpha value is -0.680. The normalized spacial score (nSPS) is 38.6. The summed E-state index contributed by atoms with van der Waals surface area (Å²) in [6.45, 7) is 4.90. The van der Waals surface area contributed by atoms with Gasteiger partial charge in [0.05, 0.1) is 0 Å². The van der Waals surface area contributed by atoms with Crippen LogP contribution >= 0.6 is 19.8 Å². The van der Waals surface area contributed by atoms with E-state index in [1.54, 1.807) is 0 Å². The zero-order chi connectivity index (χ0) is 13.0. The summed E-state index contributed by atoms with van der Waals surface area (Å²) in [7, 11) is 0. The fraction of sp³-hybridized carbons (Fsp3) is 0.438. The molecule has 2 nitrogen and oxygen atoms in total. The van der Waals surface area contributed by atoms with E-state index >= 15 is 0 Å². The van der Waals surface area contributed by atoms with Crippen LogP contribution in [0.2, 0.25) is 0 Å². The molecule has 0 amide bonds. The molecule has 100 valence electrons. The number of carbonyl (C=O) groups is 1. The monoisotopic (exact) mass is 368 g/mol. The summed E-state index contributed by atoms with van der Waals surface area (Å²) < 4.78 is 7.34. The zero-order valence-corrected chi connectivity index (χ0v) is 12.9. The second-order valence-electron chi connectivity index (χ2n) is 5.65. The average Bonchev–Trinajstić information content (AvgIpc) is 3.06. The molecule has 0 spiro atoms. The van der Waals surface area contributed by atoms with Crippen molar-refractivity contribution in [3.05, 3.63) is 48.0 Å². The van der Waals surface area contributed by atoms with Crippen LogP contribution in [0.5, 0.6) is 0 Å². The molecular weight excluding hydrogens is 351 g/mol. The standard InChI is InChI=1S/C16H17IO2/c1-10-7-12-13(8-10)15(18)17-14(12)9-19-16(17)11-5-3-2-4-6-11/h2-6,12-14,16H,1,7-9H2/t12-,13+,14?,16?/m0/s1. The molecule has 0 aromatic heterocycles. The first-order valence-corrected chi connectivity index (χ1v) is 10.4. The number of benzene rings is 1. The van der Waals surface area contributed by atoms with Crippen LogP contribution in [0, 0.1) is 11.8 Å². The second-order valence-corrected chi connectivity index (χ2v) is 11.4. The first kappa shape index (κ1) is 12.1. The Balaban J connectivity index is 1.67. The van der Waals surface area contributed by atoms with E-state index in [0.29, 0.717) is 19.6 Å². The van der Waals surface area contributed by atoms with Crippen molar-refractivity contribution in [2.75, 3.05) is 6.61 Å². The quantitative estimate of drug-likeness (QED) is 0.327. The topological polar surface area (TPSA) is 26.3 Å². The van der Waals surface area contributed by atoms with E-state index in [1.165, 1.54) is 11.1 Å². The van der Waals surface area contributed by atoms with E-state index in [9.17, 15) is 4.79 Å². The minimum atomic E-state index is -1.69. The van der Waals surface area contributed by atoms with Gasteiger partial charge >= 0.3 is 121 Å². The van der Waals surface area contributed by atoms with Crippen molar-refractivity contribution >= 4 is 23.6 Å². The fourth-order valence-electron chi connectivity index (χ4n) is 3.64. The number of rotatable bonds is 1. The van der Waals surface area contributed by atoms with Crippen LogP contribution in [0.1, 0.15) is 22.5 Å². The van der Waals surface area contributed by atoms with Gasteiger partial charge in [-0.3, -0.25) is 0 Å². The van der Waals surface area contributed by atoms with Crippen LogP contribution in [0.3, 0.4) is 0 Å². The summed E-state index contributed by atoms with van der Waals surface area (Å²) in [4.78, 5) is 12.7. The Morgan fingerprint density at radius 3 is 2.79 bits per heavy atom. The minimum absolute atomic E-state index is 0.141. The molecule has 19 heavy (non-hydrogen) atoms. The van der Waals surface area contributed by atoms with E-state index in [0.717, 1.165) is 19.4 Å². The molecule has 2 saturated heterocycles. The SMILES string of the molecule is C=C1C[C@@H]2C3COC(c4ccccc4)I3C(=O)[C@@H]2C1. The predicted molar refractivity (Wildman–Crippen MR) is 83.3 cm³/mol. The van der Waals surface area contributed by atoms with Gasteiger partial charge in [0.25, 0.3) is 0 Å². The number of ether oxygens (including phenoxy) is 1. The molecule has 3 aliphatic rings. The van der Waals surface area contributed by atoms with Crippen molar-refractivity contribution in [3.63, 3.8) is 0 Å². The van der Waals surface area contributed by atoms with Crippen molar-refractivity contribution < 1.29 is 9.53 Å². The fourth-order valence-corrected chi connectivity index (χ4v) is 11.6. The van der Waals surface area contributed by atoms with E-state index < -0.39 is 19.8 Å². The third kappa shape index (κ3) is 1.74. The van der Waals surface area contributed by atoms with Crippen LogP contribution in [0.4, 0.5) is 0 Å². The molecule has 1 saturated carbocycles. The van der Waals surface area contributed by atoms with Gasteiger partial charge in [-0.25, -0.2) is 0 Å². The summed E-state index contributed by atoms with van der Waals surface area (Å²) in [6, 6.07) is 10.3. The molecule has 2 aliphatic heterocycles. The Kier molecular flexibility index (Phi) is 2.81. The summed E-state index contributed by atoms with van der Waals surface area (Å²) >= 11 is -1.69. The van der Waals surface area contributed by atoms with Gasteiger partial charge in [-0.05, 0) is 0 Å². The molecule has 0 N–H and O–H groups in total. The van der Waals surface area contributed by atoms with Crippen LogP contribution in [-0.2, 0) is 9.53 Å². The first-order valence-electron chi connectivity index (χ1n) is 6.79.